The zero-order valence-electron chi connectivity index (χ0n) is 8.04. The van der Waals surface area contributed by atoms with Crippen LogP contribution in [0.3, 0.4) is 0 Å². The van der Waals surface area contributed by atoms with Crippen molar-refractivity contribution in [1.29, 1.82) is 5.26 Å². The van der Waals surface area contributed by atoms with Crippen LogP contribution in [0, 0.1) is 11.3 Å². The third kappa shape index (κ3) is 2.25. The highest BCUT2D eigenvalue weighted by atomic mass is 16.4. The molecule has 80 valence electrons. The number of allylic oxidation sites excluding steroid dienone is 1. The van der Waals surface area contributed by atoms with E-state index in [1.54, 1.807) is 24.3 Å². The minimum absolute atomic E-state index is 0.268. The average molecular weight is 217 g/mol. The number of aliphatic carboxylic acids is 2. The van der Waals surface area contributed by atoms with Gasteiger partial charge in [-0.1, -0.05) is 30.3 Å². The second-order valence-electron chi connectivity index (χ2n) is 2.84. The van der Waals surface area contributed by atoms with Crippen LogP contribution in [0.15, 0.2) is 35.9 Å². The topological polar surface area (TPSA) is 98.4 Å². The van der Waals surface area contributed by atoms with Gasteiger partial charge in [-0.05, 0) is 5.56 Å². The van der Waals surface area contributed by atoms with Crippen molar-refractivity contribution < 1.29 is 19.8 Å². The Labute approximate surface area is 90.9 Å². The van der Waals surface area contributed by atoms with Crippen molar-refractivity contribution in [2.45, 2.75) is 0 Å². The lowest BCUT2D eigenvalue weighted by atomic mass is 10.0. The first-order chi connectivity index (χ1) is 7.57. The summed E-state index contributed by atoms with van der Waals surface area (Å²) >= 11 is 0. The highest BCUT2D eigenvalue weighted by molar-refractivity contribution is 6.20. The molecule has 0 unspecified atom stereocenters. The van der Waals surface area contributed by atoms with E-state index in [0.717, 1.165) is 0 Å². The summed E-state index contributed by atoms with van der Waals surface area (Å²) in [6.07, 6.45) is 0. The molecule has 16 heavy (non-hydrogen) atoms. The molecule has 0 spiro atoms. The molecule has 0 atom stereocenters. The lowest BCUT2D eigenvalue weighted by Gasteiger charge is -2.01. The molecule has 0 aliphatic carbocycles. The van der Waals surface area contributed by atoms with Crippen molar-refractivity contribution in [2.75, 3.05) is 0 Å². The number of carboxylic acid groups (broad SMARTS) is 2. The van der Waals surface area contributed by atoms with Crippen molar-refractivity contribution in [3.63, 3.8) is 0 Å². The second-order valence-corrected chi connectivity index (χ2v) is 2.84. The van der Waals surface area contributed by atoms with Crippen molar-refractivity contribution in [3.8, 4) is 6.07 Å². The summed E-state index contributed by atoms with van der Waals surface area (Å²) in [6.45, 7) is 0. The normalized spacial score (nSPS) is 8.94. The van der Waals surface area contributed by atoms with Gasteiger partial charge in [-0.25, -0.2) is 9.59 Å². The van der Waals surface area contributed by atoms with E-state index in [4.69, 9.17) is 15.5 Å². The number of nitriles is 1. The number of nitrogens with zero attached hydrogens (tertiary/aromatic N) is 1. The van der Waals surface area contributed by atoms with Gasteiger partial charge in [0.25, 0.3) is 0 Å². The Balaban J connectivity index is 3.46. The average Bonchev–Trinajstić information content (AvgIpc) is 2.25. The molecule has 0 amide bonds. The maximum absolute atomic E-state index is 10.7. The highest BCUT2D eigenvalue weighted by Gasteiger charge is 2.22. The lowest BCUT2D eigenvalue weighted by molar-refractivity contribution is -0.140. The summed E-state index contributed by atoms with van der Waals surface area (Å²) in [5.74, 6) is -3.26. The van der Waals surface area contributed by atoms with Gasteiger partial charge in [-0.3, -0.25) is 0 Å². The predicted octanol–water partition coefficient (Wildman–Crippen LogP) is 1.13. The number of carboxylic acids is 2. The molecule has 0 radical (unpaired) electrons. The molecule has 0 heterocycles. The Bertz CT molecular complexity index is 480. The van der Waals surface area contributed by atoms with E-state index in [1.807, 2.05) is 0 Å². The molecule has 0 aliphatic heterocycles. The summed E-state index contributed by atoms with van der Waals surface area (Å²) in [6, 6.07) is 9.42. The molecule has 0 aromatic heterocycles. The second kappa shape index (κ2) is 4.75. The van der Waals surface area contributed by atoms with E-state index in [-0.39, 0.29) is 11.1 Å². The smallest absolute Gasteiger partial charge is 0.344 e. The molecular formula is C11H7NO4. The Morgan fingerprint density at radius 1 is 1.06 bits per heavy atom. The Morgan fingerprint density at radius 3 is 1.94 bits per heavy atom. The molecule has 1 aromatic carbocycles. The van der Waals surface area contributed by atoms with Gasteiger partial charge in [-0.15, -0.1) is 0 Å². The first-order valence-corrected chi connectivity index (χ1v) is 4.24. The van der Waals surface area contributed by atoms with Crippen molar-refractivity contribution in [2.24, 2.45) is 0 Å². The van der Waals surface area contributed by atoms with Gasteiger partial charge in [-0.2, -0.15) is 5.26 Å². The summed E-state index contributed by atoms with van der Waals surface area (Å²) in [4.78, 5) is 21.4. The third-order valence-electron chi connectivity index (χ3n) is 1.85. The maximum atomic E-state index is 10.7. The van der Waals surface area contributed by atoms with Crippen LogP contribution in [0.25, 0.3) is 5.57 Å². The minimum atomic E-state index is -1.63. The van der Waals surface area contributed by atoms with E-state index < -0.39 is 17.5 Å². The van der Waals surface area contributed by atoms with Gasteiger partial charge >= 0.3 is 11.9 Å². The van der Waals surface area contributed by atoms with Crippen LogP contribution in [0.4, 0.5) is 0 Å². The molecule has 1 aromatic rings. The van der Waals surface area contributed by atoms with Gasteiger partial charge in [0.2, 0.25) is 0 Å². The molecule has 1 rings (SSSR count). The van der Waals surface area contributed by atoms with E-state index in [2.05, 4.69) is 0 Å². The van der Waals surface area contributed by atoms with Crippen LogP contribution in [0.2, 0.25) is 0 Å². The molecule has 0 saturated carbocycles. The fourth-order valence-electron chi connectivity index (χ4n) is 1.17. The molecular weight excluding hydrogens is 210 g/mol. The van der Waals surface area contributed by atoms with Crippen LogP contribution in [-0.4, -0.2) is 22.2 Å². The van der Waals surface area contributed by atoms with E-state index in [9.17, 15) is 9.59 Å². The van der Waals surface area contributed by atoms with E-state index in [1.165, 1.54) is 12.1 Å². The summed E-state index contributed by atoms with van der Waals surface area (Å²) in [5, 5.41) is 26.2. The van der Waals surface area contributed by atoms with Gasteiger partial charge in [0.15, 0.2) is 5.57 Å². The van der Waals surface area contributed by atoms with Crippen molar-refractivity contribution in [1.82, 2.24) is 0 Å². The molecule has 2 N–H and O–H groups in total. The zero-order chi connectivity index (χ0) is 12.1. The highest BCUT2D eigenvalue weighted by Crippen LogP contribution is 2.18. The Hall–Kier alpha value is -2.61. The standard InChI is InChI=1S/C11H7NO4/c12-6-8(7-4-2-1-3-5-7)9(10(13)14)11(15)16/h1-5H,(H,13,14)(H,15,16). The van der Waals surface area contributed by atoms with Crippen LogP contribution >= 0.6 is 0 Å². The summed E-state index contributed by atoms with van der Waals surface area (Å²) in [5.41, 5.74) is -1.01. The molecule has 5 heteroatoms. The number of hydrogen-bond donors (Lipinski definition) is 2. The van der Waals surface area contributed by atoms with Crippen LogP contribution in [0.5, 0.6) is 0 Å². The van der Waals surface area contributed by atoms with E-state index in [0.29, 0.717) is 0 Å². The summed E-state index contributed by atoms with van der Waals surface area (Å²) < 4.78 is 0. The monoisotopic (exact) mass is 217 g/mol. The molecule has 5 nitrogen and oxygen atoms in total. The van der Waals surface area contributed by atoms with Crippen molar-refractivity contribution in [3.05, 3.63) is 41.5 Å². The molecule has 0 aliphatic rings. The number of hydrogen-bond acceptors (Lipinski definition) is 3. The first-order valence-electron chi connectivity index (χ1n) is 4.24. The third-order valence-corrected chi connectivity index (χ3v) is 1.85. The first kappa shape index (κ1) is 11.5. The van der Waals surface area contributed by atoms with Crippen molar-refractivity contribution >= 4 is 17.5 Å². The largest absolute Gasteiger partial charge is 0.477 e. The van der Waals surface area contributed by atoms with Gasteiger partial charge in [0.05, 0.1) is 5.57 Å². The SMILES string of the molecule is N#CC(=C(C(=O)O)C(=O)O)c1ccccc1. The predicted molar refractivity (Wildman–Crippen MR) is 54.2 cm³/mol. The number of carbonyl (C=O) groups is 2. The number of rotatable bonds is 3. The molecule has 0 saturated heterocycles. The lowest BCUT2D eigenvalue weighted by Crippen LogP contribution is -2.13. The van der Waals surface area contributed by atoms with Crippen LogP contribution < -0.4 is 0 Å². The Kier molecular flexibility index (Phi) is 3.41. The molecule has 0 bridgehead atoms. The number of benzene rings is 1. The fourth-order valence-corrected chi connectivity index (χ4v) is 1.17. The van der Waals surface area contributed by atoms with Gasteiger partial charge in [0, 0.05) is 0 Å². The van der Waals surface area contributed by atoms with E-state index >= 15 is 0 Å². The summed E-state index contributed by atoms with van der Waals surface area (Å²) in [7, 11) is 0. The van der Waals surface area contributed by atoms with Crippen LogP contribution in [-0.2, 0) is 9.59 Å². The zero-order valence-corrected chi connectivity index (χ0v) is 8.04. The quantitative estimate of drug-likeness (QED) is 0.342. The van der Waals surface area contributed by atoms with Gasteiger partial charge < -0.3 is 10.2 Å². The minimum Gasteiger partial charge on any atom is -0.477 e. The fraction of sp³-hybridized carbons (Fsp3) is 0. The van der Waals surface area contributed by atoms with Crippen LogP contribution in [0.1, 0.15) is 5.56 Å². The maximum Gasteiger partial charge on any atom is 0.344 e. The Morgan fingerprint density at radius 2 is 1.56 bits per heavy atom. The van der Waals surface area contributed by atoms with Gasteiger partial charge in [0.1, 0.15) is 6.07 Å². The molecule has 0 fully saturated rings.